The number of hydrogen-bond acceptors (Lipinski definition) is 2. The smallest absolute Gasteiger partial charge is 0.327 e. The minimum Gasteiger partial charge on any atom is -0.327 e. The lowest BCUT2D eigenvalue weighted by molar-refractivity contribution is -0.138. The number of hydrogen-bond donors (Lipinski definition) is 1. The summed E-state index contributed by atoms with van der Waals surface area (Å²) >= 11 is 1.48. The van der Waals surface area contributed by atoms with Crippen molar-refractivity contribution in [2.24, 2.45) is 11.7 Å². The molecule has 0 bridgehead atoms. The van der Waals surface area contributed by atoms with Crippen LogP contribution in [0.4, 0.5) is 13.2 Å². The summed E-state index contributed by atoms with van der Waals surface area (Å²) in [5, 5.41) is 0. The predicted molar refractivity (Wildman–Crippen MR) is 83.6 cm³/mol. The van der Waals surface area contributed by atoms with Crippen LogP contribution in [-0.2, 0) is 12.6 Å². The zero-order chi connectivity index (χ0) is 16.0. The van der Waals surface area contributed by atoms with Crippen LogP contribution in [0.2, 0.25) is 0 Å². The maximum Gasteiger partial charge on any atom is 0.416 e. The van der Waals surface area contributed by atoms with E-state index in [1.165, 1.54) is 17.8 Å². The fraction of sp³-hybridized carbons (Fsp3) is 0.625. The van der Waals surface area contributed by atoms with Crippen molar-refractivity contribution in [3.63, 3.8) is 0 Å². The molecule has 0 heterocycles. The molecule has 120 valence electrons. The van der Waals surface area contributed by atoms with Gasteiger partial charge in [0.15, 0.2) is 0 Å². The summed E-state index contributed by atoms with van der Waals surface area (Å²) in [5.74, 6) is 1.39. The molecule has 21 heavy (non-hydrogen) atoms. The van der Waals surface area contributed by atoms with E-state index >= 15 is 0 Å². The SMILES string of the molecule is CCC(N)Cc1ccc(SCCC(C)C)cc1C(F)(F)F. The fourth-order valence-corrected chi connectivity index (χ4v) is 3.12. The maximum atomic E-state index is 13.2. The molecule has 2 N–H and O–H groups in total. The van der Waals surface area contributed by atoms with Gasteiger partial charge in [0.05, 0.1) is 5.56 Å². The summed E-state index contributed by atoms with van der Waals surface area (Å²) in [5.41, 5.74) is 5.55. The molecule has 0 saturated carbocycles. The third-order valence-corrected chi connectivity index (χ3v) is 4.38. The predicted octanol–water partition coefficient (Wildman–Crippen LogP) is 5.12. The van der Waals surface area contributed by atoms with Gasteiger partial charge < -0.3 is 5.73 Å². The van der Waals surface area contributed by atoms with Crippen molar-refractivity contribution in [1.29, 1.82) is 0 Å². The Labute approximate surface area is 129 Å². The molecule has 0 saturated heterocycles. The summed E-state index contributed by atoms with van der Waals surface area (Å²) in [6.07, 6.45) is -2.39. The molecular weight excluding hydrogens is 295 g/mol. The van der Waals surface area contributed by atoms with E-state index in [4.69, 9.17) is 5.73 Å². The largest absolute Gasteiger partial charge is 0.416 e. The van der Waals surface area contributed by atoms with Crippen LogP contribution in [0.3, 0.4) is 0 Å². The third-order valence-electron chi connectivity index (χ3n) is 3.36. The van der Waals surface area contributed by atoms with E-state index in [0.29, 0.717) is 22.8 Å². The van der Waals surface area contributed by atoms with Crippen LogP contribution >= 0.6 is 11.8 Å². The van der Waals surface area contributed by atoms with Gasteiger partial charge in [0, 0.05) is 10.9 Å². The Morgan fingerprint density at radius 2 is 1.90 bits per heavy atom. The topological polar surface area (TPSA) is 26.0 Å². The quantitative estimate of drug-likeness (QED) is 0.706. The van der Waals surface area contributed by atoms with Gasteiger partial charge >= 0.3 is 6.18 Å². The van der Waals surface area contributed by atoms with Gasteiger partial charge in [-0.05, 0) is 48.6 Å². The Balaban J connectivity index is 2.91. The average molecular weight is 319 g/mol. The highest BCUT2D eigenvalue weighted by molar-refractivity contribution is 7.99. The van der Waals surface area contributed by atoms with Gasteiger partial charge in [0.2, 0.25) is 0 Å². The summed E-state index contributed by atoms with van der Waals surface area (Å²) in [7, 11) is 0. The second kappa shape index (κ2) is 8.08. The first-order chi connectivity index (χ1) is 9.74. The van der Waals surface area contributed by atoms with Gasteiger partial charge in [-0.3, -0.25) is 0 Å². The van der Waals surface area contributed by atoms with Gasteiger partial charge in [0.25, 0.3) is 0 Å². The average Bonchev–Trinajstić information content (AvgIpc) is 2.38. The van der Waals surface area contributed by atoms with Crippen molar-refractivity contribution in [3.05, 3.63) is 29.3 Å². The lowest BCUT2D eigenvalue weighted by atomic mass is 9.99. The molecule has 0 radical (unpaired) electrons. The Morgan fingerprint density at radius 1 is 1.24 bits per heavy atom. The van der Waals surface area contributed by atoms with Crippen molar-refractivity contribution in [1.82, 2.24) is 0 Å². The van der Waals surface area contributed by atoms with Crippen molar-refractivity contribution < 1.29 is 13.2 Å². The Hall–Kier alpha value is -0.680. The van der Waals surface area contributed by atoms with E-state index in [-0.39, 0.29) is 12.5 Å². The molecule has 1 rings (SSSR count). The van der Waals surface area contributed by atoms with Crippen LogP contribution in [0, 0.1) is 5.92 Å². The van der Waals surface area contributed by atoms with E-state index < -0.39 is 11.7 Å². The van der Waals surface area contributed by atoms with Crippen molar-refractivity contribution in [3.8, 4) is 0 Å². The van der Waals surface area contributed by atoms with Crippen LogP contribution in [0.25, 0.3) is 0 Å². The Kier molecular flexibility index (Phi) is 7.07. The van der Waals surface area contributed by atoms with Crippen LogP contribution < -0.4 is 5.73 Å². The highest BCUT2D eigenvalue weighted by Gasteiger charge is 2.33. The highest BCUT2D eigenvalue weighted by atomic mass is 32.2. The molecule has 0 aliphatic heterocycles. The molecule has 0 spiro atoms. The summed E-state index contributed by atoms with van der Waals surface area (Å²) in [4.78, 5) is 0.678. The minimum atomic E-state index is -4.32. The molecule has 1 aromatic carbocycles. The second-order valence-electron chi connectivity index (χ2n) is 5.72. The molecule has 0 aliphatic carbocycles. The lowest BCUT2D eigenvalue weighted by Gasteiger charge is -2.17. The zero-order valence-electron chi connectivity index (χ0n) is 12.8. The number of alkyl halides is 3. The summed E-state index contributed by atoms with van der Waals surface area (Å²) < 4.78 is 39.5. The van der Waals surface area contributed by atoms with E-state index in [9.17, 15) is 13.2 Å². The summed E-state index contributed by atoms with van der Waals surface area (Å²) in [6.45, 7) is 6.10. The first-order valence-electron chi connectivity index (χ1n) is 7.32. The fourth-order valence-electron chi connectivity index (χ4n) is 1.93. The van der Waals surface area contributed by atoms with Crippen LogP contribution in [0.1, 0.15) is 44.7 Å². The number of thioether (sulfide) groups is 1. The van der Waals surface area contributed by atoms with Crippen molar-refractivity contribution in [2.75, 3.05) is 5.75 Å². The molecule has 1 nitrogen and oxygen atoms in total. The second-order valence-corrected chi connectivity index (χ2v) is 6.89. The first kappa shape index (κ1) is 18.4. The Bertz CT molecular complexity index is 444. The lowest BCUT2D eigenvalue weighted by Crippen LogP contribution is -2.23. The van der Waals surface area contributed by atoms with E-state index in [1.807, 2.05) is 6.92 Å². The normalized spacial score (nSPS) is 13.7. The Morgan fingerprint density at radius 3 is 2.43 bits per heavy atom. The number of benzene rings is 1. The molecule has 1 aromatic rings. The number of nitrogens with two attached hydrogens (primary N) is 1. The van der Waals surface area contributed by atoms with Gasteiger partial charge in [-0.2, -0.15) is 13.2 Å². The molecule has 1 unspecified atom stereocenters. The van der Waals surface area contributed by atoms with E-state index in [0.717, 1.165) is 12.2 Å². The zero-order valence-corrected chi connectivity index (χ0v) is 13.7. The van der Waals surface area contributed by atoms with E-state index in [2.05, 4.69) is 13.8 Å². The third kappa shape index (κ3) is 6.30. The molecule has 0 amide bonds. The molecular formula is C16H24F3NS. The standard InChI is InChI=1S/C16H24F3NS/c1-4-13(20)9-12-5-6-14(21-8-7-11(2)3)10-15(12)16(17,18)19/h5-6,10-11,13H,4,7-9,20H2,1-3H3. The maximum absolute atomic E-state index is 13.2. The number of rotatable bonds is 7. The van der Waals surface area contributed by atoms with Gasteiger partial charge in [-0.25, -0.2) is 0 Å². The van der Waals surface area contributed by atoms with Gasteiger partial charge in [0.1, 0.15) is 0 Å². The highest BCUT2D eigenvalue weighted by Crippen LogP contribution is 2.35. The molecule has 0 aromatic heterocycles. The minimum absolute atomic E-state index is 0.231. The monoisotopic (exact) mass is 319 g/mol. The van der Waals surface area contributed by atoms with Crippen LogP contribution in [0.15, 0.2) is 23.1 Å². The van der Waals surface area contributed by atoms with E-state index in [1.54, 1.807) is 12.1 Å². The van der Waals surface area contributed by atoms with Crippen LogP contribution in [-0.4, -0.2) is 11.8 Å². The molecule has 1 atom stereocenters. The van der Waals surface area contributed by atoms with Gasteiger partial charge in [-0.1, -0.05) is 26.8 Å². The molecule has 0 aliphatic rings. The first-order valence-corrected chi connectivity index (χ1v) is 8.31. The van der Waals surface area contributed by atoms with Crippen LogP contribution in [0.5, 0.6) is 0 Å². The molecule has 5 heteroatoms. The summed E-state index contributed by atoms with van der Waals surface area (Å²) in [6, 6.07) is 4.39. The van der Waals surface area contributed by atoms with Gasteiger partial charge in [-0.15, -0.1) is 11.8 Å². The molecule has 0 fully saturated rings. The van der Waals surface area contributed by atoms with Crippen molar-refractivity contribution >= 4 is 11.8 Å². The number of halogens is 3. The van der Waals surface area contributed by atoms with Crippen molar-refractivity contribution in [2.45, 2.75) is 57.1 Å².